The summed E-state index contributed by atoms with van der Waals surface area (Å²) < 4.78 is 44.5. The molecule has 4 nitrogen and oxygen atoms in total. The van der Waals surface area contributed by atoms with Gasteiger partial charge in [0.2, 0.25) is 0 Å². The molecule has 0 radical (unpaired) electrons. The molecular weight excluding hydrogens is 297 g/mol. The van der Waals surface area contributed by atoms with Crippen molar-refractivity contribution in [2.24, 2.45) is 0 Å². The van der Waals surface area contributed by atoms with E-state index in [-0.39, 0.29) is 18.0 Å². The van der Waals surface area contributed by atoms with Gasteiger partial charge in [-0.1, -0.05) is 6.07 Å². The van der Waals surface area contributed by atoms with Crippen LogP contribution in [0.5, 0.6) is 0 Å². The third kappa shape index (κ3) is 3.24. The first-order valence-electron chi connectivity index (χ1n) is 6.52. The van der Waals surface area contributed by atoms with Crippen LogP contribution in [0.3, 0.4) is 0 Å². The van der Waals surface area contributed by atoms with Gasteiger partial charge in [0.15, 0.2) is 0 Å². The predicted octanol–water partition coefficient (Wildman–Crippen LogP) is 3.65. The molecule has 0 aliphatic carbocycles. The number of halogens is 3. The lowest BCUT2D eigenvalue weighted by molar-refractivity contribution is -0.138. The zero-order chi connectivity index (χ0) is 16.3. The Kier molecular flexibility index (Phi) is 4.44. The maximum atomic E-state index is 13.3. The number of hydrogen-bond acceptors (Lipinski definition) is 4. The maximum absolute atomic E-state index is 13.3. The molecule has 0 unspecified atom stereocenters. The van der Waals surface area contributed by atoms with E-state index in [1.807, 2.05) is 0 Å². The molecule has 116 valence electrons. The highest BCUT2D eigenvalue weighted by molar-refractivity contribution is 5.93. The van der Waals surface area contributed by atoms with Gasteiger partial charge in [-0.3, -0.25) is 9.97 Å². The Morgan fingerprint density at radius 1 is 1.27 bits per heavy atom. The summed E-state index contributed by atoms with van der Waals surface area (Å²) in [7, 11) is 0. The van der Waals surface area contributed by atoms with E-state index >= 15 is 0 Å². The summed E-state index contributed by atoms with van der Waals surface area (Å²) in [5.41, 5.74) is -1.33. The predicted molar refractivity (Wildman–Crippen MR) is 73.2 cm³/mol. The number of ether oxygens (including phenoxy) is 1. The summed E-state index contributed by atoms with van der Waals surface area (Å²) in [5, 5.41) is 0. The molecule has 0 saturated carbocycles. The first-order valence-corrected chi connectivity index (χ1v) is 6.52. The fourth-order valence-electron chi connectivity index (χ4n) is 2.00. The summed E-state index contributed by atoms with van der Waals surface area (Å²) in [6.45, 7) is 2.85. The Hall–Kier alpha value is -2.44. The number of aryl methyl sites for hydroxylation is 1. The number of esters is 1. The molecule has 7 heteroatoms. The van der Waals surface area contributed by atoms with E-state index in [1.54, 1.807) is 18.2 Å². The second-order valence-corrected chi connectivity index (χ2v) is 4.45. The standard InChI is InChI=1S/C15H13F3N2O2/c1-3-22-14(21)13-9(2)20-12(8-10(13)15(16,17)18)11-6-4-5-7-19-11/h4-8H,3H2,1-2H3. The number of hydrogen-bond donors (Lipinski definition) is 0. The van der Waals surface area contributed by atoms with Gasteiger partial charge in [-0.2, -0.15) is 13.2 Å². The van der Waals surface area contributed by atoms with Crippen LogP contribution in [0.25, 0.3) is 11.4 Å². The van der Waals surface area contributed by atoms with Crippen molar-refractivity contribution in [3.63, 3.8) is 0 Å². The molecule has 2 heterocycles. The molecule has 0 amide bonds. The third-order valence-corrected chi connectivity index (χ3v) is 2.91. The number of carbonyl (C=O) groups excluding carboxylic acids is 1. The van der Waals surface area contributed by atoms with Crippen molar-refractivity contribution in [1.82, 2.24) is 9.97 Å². The number of alkyl halides is 3. The van der Waals surface area contributed by atoms with Crippen LogP contribution in [0.4, 0.5) is 13.2 Å². The van der Waals surface area contributed by atoms with Crippen molar-refractivity contribution in [3.05, 3.63) is 47.3 Å². The molecular formula is C15H13F3N2O2. The van der Waals surface area contributed by atoms with Crippen molar-refractivity contribution in [2.75, 3.05) is 6.61 Å². The van der Waals surface area contributed by atoms with E-state index in [0.717, 1.165) is 6.07 Å². The first kappa shape index (κ1) is 15.9. The third-order valence-electron chi connectivity index (χ3n) is 2.91. The molecule has 0 aliphatic heterocycles. The van der Waals surface area contributed by atoms with Gasteiger partial charge in [0.05, 0.1) is 34.8 Å². The van der Waals surface area contributed by atoms with Crippen molar-refractivity contribution >= 4 is 5.97 Å². The lowest BCUT2D eigenvalue weighted by Crippen LogP contribution is -2.18. The van der Waals surface area contributed by atoms with Crippen molar-refractivity contribution in [2.45, 2.75) is 20.0 Å². The zero-order valence-corrected chi connectivity index (χ0v) is 11.9. The summed E-state index contributed by atoms with van der Waals surface area (Å²) in [4.78, 5) is 19.8. The van der Waals surface area contributed by atoms with E-state index in [4.69, 9.17) is 4.74 Å². The number of nitrogens with zero attached hydrogens (tertiary/aromatic N) is 2. The van der Waals surface area contributed by atoms with E-state index in [2.05, 4.69) is 9.97 Å². The molecule has 0 N–H and O–H groups in total. The normalized spacial score (nSPS) is 11.3. The van der Waals surface area contributed by atoms with Crippen LogP contribution >= 0.6 is 0 Å². The van der Waals surface area contributed by atoms with Gasteiger partial charge in [0.1, 0.15) is 0 Å². The van der Waals surface area contributed by atoms with Crippen molar-refractivity contribution < 1.29 is 22.7 Å². The summed E-state index contributed by atoms with van der Waals surface area (Å²) in [6.07, 6.45) is -3.24. The number of pyridine rings is 2. The second-order valence-electron chi connectivity index (χ2n) is 4.45. The first-order chi connectivity index (χ1) is 10.3. The Morgan fingerprint density at radius 3 is 2.55 bits per heavy atom. The minimum absolute atomic E-state index is 0.0163. The van der Waals surface area contributed by atoms with Gasteiger partial charge < -0.3 is 4.74 Å². The Balaban J connectivity index is 2.65. The van der Waals surface area contributed by atoms with E-state index in [1.165, 1.54) is 20.0 Å². The van der Waals surface area contributed by atoms with Crippen LogP contribution < -0.4 is 0 Å². The SMILES string of the molecule is CCOC(=O)c1c(C(F)(F)F)cc(-c2ccccn2)nc1C. The number of rotatable bonds is 3. The Labute approximate surface area is 125 Å². The average Bonchev–Trinajstić information content (AvgIpc) is 2.46. The van der Waals surface area contributed by atoms with Gasteiger partial charge in [0.25, 0.3) is 0 Å². The van der Waals surface area contributed by atoms with Gasteiger partial charge in [0, 0.05) is 6.20 Å². The molecule has 2 aromatic heterocycles. The molecule has 0 fully saturated rings. The van der Waals surface area contributed by atoms with E-state index in [9.17, 15) is 18.0 Å². The fraction of sp³-hybridized carbons (Fsp3) is 0.267. The van der Waals surface area contributed by atoms with E-state index in [0.29, 0.717) is 5.69 Å². The van der Waals surface area contributed by atoms with Gasteiger partial charge in [-0.25, -0.2) is 4.79 Å². The molecule has 0 aliphatic rings. The topological polar surface area (TPSA) is 52.1 Å². The Bertz CT molecular complexity index is 685. The molecule has 0 atom stereocenters. The van der Waals surface area contributed by atoms with Crippen LogP contribution in [0.15, 0.2) is 30.5 Å². The minimum atomic E-state index is -4.70. The highest BCUT2D eigenvalue weighted by Gasteiger charge is 2.37. The average molecular weight is 310 g/mol. The van der Waals surface area contributed by atoms with Crippen LogP contribution in [-0.4, -0.2) is 22.5 Å². The minimum Gasteiger partial charge on any atom is -0.462 e. The highest BCUT2D eigenvalue weighted by Crippen LogP contribution is 2.35. The quantitative estimate of drug-likeness (QED) is 0.812. The van der Waals surface area contributed by atoms with Crippen molar-refractivity contribution in [3.8, 4) is 11.4 Å². The second kappa shape index (κ2) is 6.13. The number of carbonyl (C=O) groups is 1. The van der Waals surface area contributed by atoms with Gasteiger partial charge in [-0.15, -0.1) is 0 Å². The largest absolute Gasteiger partial charge is 0.462 e. The molecule has 22 heavy (non-hydrogen) atoms. The van der Waals surface area contributed by atoms with E-state index < -0.39 is 23.3 Å². The summed E-state index contributed by atoms with van der Waals surface area (Å²) in [5.74, 6) is -1.03. The van der Waals surface area contributed by atoms with Crippen LogP contribution in [0, 0.1) is 6.92 Å². The molecule has 0 saturated heterocycles. The maximum Gasteiger partial charge on any atom is 0.417 e. The van der Waals surface area contributed by atoms with Gasteiger partial charge in [-0.05, 0) is 32.0 Å². The molecule has 0 spiro atoms. The zero-order valence-electron chi connectivity index (χ0n) is 11.9. The smallest absolute Gasteiger partial charge is 0.417 e. The Morgan fingerprint density at radius 2 is 2.00 bits per heavy atom. The van der Waals surface area contributed by atoms with Crippen LogP contribution in [0.2, 0.25) is 0 Å². The fourth-order valence-corrected chi connectivity index (χ4v) is 2.00. The molecule has 2 aromatic rings. The lowest BCUT2D eigenvalue weighted by Gasteiger charge is -2.15. The summed E-state index contributed by atoms with van der Waals surface area (Å²) >= 11 is 0. The van der Waals surface area contributed by atoms with Crippen molar-refractivity contribution in [1.29, 1.82) is 0 Å². The molecule has 0 aromatic carbocycles. The van der Waals surface area contributed by atoms with Crippen LogP contribution in [-0.2, 0) is 10.9 Å². The number of aromatic nitrogens is 2. The summed E-state index contributed by atoms with van der Waals surface area (Å²) in [6, 6.07) is 5.66. The van der Waals surface area contributed by atoms with Gasteiger partial charge >= 0.3 is 12.1 Å². The molecule has 2 rings (SSSR count). The molecule has 0 bridgehead atoms. The highest BCUT2D eigenvalue weighted by atomic mass is 19.4. The monoisotopic (exact) mass is 310 g/mol. The van der Waals surface area contributed by atoms with Crippen LogP contribution in [0.1, 0.15) is 28.5 Å². The lowest BCUT2D eigenvalue weighted by atomic mass is 10.0.